The Labute approximate surface area is 181 Å². The third-order valence-electron chi connectivity index (χ3n) is 5.34. The van der Waals surface area contributed by atoms with Crippen LogP contribution < -0.4 is 0 Å². The van der Waals surface area contributed by atoms with E-state index in [0.717, 1.165) is 12.8 Å². The summed E-state index contributed by atoms with van der Waals surface area (Å²) in [6.07, 6.45) is 29.4. The van der Waals surface area contributed by atoms with Gasteiger partial charge in [0.05, 0.1) is 0 Å². The topological polar surface area (TPSA) is 26.3 Å². The number of allylic oxidation sites excluding steroid dienone is 2. The Balaban J connectivity index is 3.06. The molecule has 0 aliphatic rings. The van der Waals surface area contributed by atoms with Gasteiger partial charge in [-0.05, 0) is 26.2 Å². The minimum Gasteiger partial charge on any atom is -0.465 e. The summed E-state index contributed by atoms with van der Waals surface area (Å²) in [7, 11) is 0. The summed E-state index contributed by atoms with van der Waals surface area (Å²) < 4.78 is 5.01. The summed E-state index contributed by atoms with van der Waals surface area (Å²) in [6, 6.07) is 0. The predicted molar refractivity (Wildman–Crippen MR) is 127 cm³/mol. The maximum absolute atomic E-state index is 11.3. The molecule has 0 aliphatic carbocycles. The molecule has 0 unspecified atom stereocenters. The van der Waals surface area contributed by atoms with Crippen molar-refractivity contribution in [1.29, 1.82) is 0 Å². The van der Waals surface area contributed by atoms with Crippen LogP contribution in [0.15, 0.2) is 12.2 Å². The van der Waals surface area contributed by atoms with Gasteiger partial charge in [0.15, 0.2) is 0 Å². The first kappa shape index (κ1) is 27.6. The molecule has 0 atom stereocenters. The summed E-state index contributed by atoms with van der Waals surface area (Å²) in [5.74, 6) is 0.553. The molecular formula is C25H48O2S. The Kier molecular flexibility index (Phi) is 24.2. The first-order valence-electron chi connectivity index (χ1n) is 12.2. The van der Waals surface area contributed by atoms with E-state index in [1.54, 1.807) is 0 Å². The first-order valence-corrected chi connectivity index (χ1v) is 12.8. The maximum Gasteiger partial charge on any atom is 0.305 e. The van der Waals surface area contributed by atoms with E-state index in [-0.39, 0.29) is 5.97 Å². The Morgan fingerprint density at radius 1 is 0.679 bits per heavy atom. The summed E-state index contributed by atoms with van der Waals surface area (Å²) in [4.78, 5) is 11.3. The number of hydrogen-bond donors (Lipinski definition) is 1. The molecule has 3 heteroatoms. The second-order valence-electron chi connectivity index (χ2n) is 8.06. The van der Waals surface area contributed by atoms with Crippen LogP contribution in [-0.4, -0.2) is 18.3 Å². The lowest BCUT2D eigenvalue weighted by atomic mass is 10.0. The summed E-state index contributed by atoms with van der Waals surface area (Å²) >= 11 is 4.03. The molecule has 0 spiro atoms. The molecule has 0 amide bonds. The van der Waals surface area contributed by atoms with Crippen LogP contribution in [-0.2, 0) is 9.53 Å². The van der Waals surface area contributed by atoms with E-state index in [4.69, 9.17) is 4.74 Å². The predicted octanol–water partition coefficient (Wildman–Crippen LogP) is 8.45. The van der Waals surface area contributed by atoms with Gasteiger partial charge in [-0.2, -0.15) is 12.6 Å². The minimum atomic E-state index is -0.0610. The van der Waals surface area contributed by atoms with Gasteiger partial charge >= 0.3 is 5.97 Å². The molecule has 0 bridgehead atoms. The maximum atomic E-state index is 11.3. The Hall–Kier alpha value is -0.440. The highest BCUT2D eigenvalue weighted by Crippen LogP contribution is 2.14. The van der Waals surface area contributed by atoms with E-state index < -0.39 is 0 Å². The molecule has 0 saturated carbocycles. The van der Waals surface area contributed by atoms with Gasteiger partial charge < -0.3 is 4.74 Å². The Bertz CT molecular complexity index is 341. The van der Waals surface area contributed by atoms with Gasteiger partial charge in [0, 0.05) is 12.2 Å². The van der Waals surface area contributed by atoms with Gasteiger partial charge in [0.1, 0.15) is 6.61 Å². The second kappa shape index (κ2) is 24.6. The van der Waals surface area contributed by atoms with Crippen molar-refractivity contribution in [3.8, 4) is 0 Å². The average molecular weight is 413 g/mol. The number of carbonyl (C=O) groups is 1. The van der Waals surface area contributed by atoms with E-state index in [2.05, 4.69) is 31.7 Å². The van der Waals surface area contributed by atoms with E-state index in [1.807, 2.05) is 0 Å². The van der Waals surface area contributed by atoms with Crippen molar-refractivity contribution in [3.05, 3.63) is 12.2 Å². The van der Waals surface area contributed by atoms with Crippen molar-refractivity contribution >= 4 is 18.6 Å². The van der Waals surface area contributed by atoms with Gasteiger partial charge in [0.2, 0.25) is 0 Å². The number of unbranched alkanes of at least 4 members (excludes halogenated alkanes) is 17. The fourth-order valence-electron chi connectivity index (χ4n) is 3.58. The van der Waals surface area contributed by atoms with Gasteiger partial charge in [0.25, 0.3) is 0 Å². The number of ether oxygens (including phenoxy) is 1. The molecule has 2 nitrogen and oxygen atoms in total. The summed E-state index contributed by atoms with van der Waals surface area (Å²) in [6.45, 7) is 2.55. The monoisotopic (exact) mass is 412 g/mol. The van der Waals surface area contributed by atoms with Crippen LogP contribution in [0.1, 0.15) is 129 Å². The normalized spacial score (nSPS) is 11.4. The van der Waals surface area contributed by atoms with E-state index in [1.165, 1.54) is 103 Å². The lowest BCUT2D eigenvalue weighted by Gasteiger charge is -2.04. The highest BCUT2D eigenvalue weighted by molar-refractivity contribution is 7.80. The van der Waals surface area contributed by atoms with Crippen molar-refractivity contribution < 1.29 is 9.53 Å². The van der Waals surface area contributed by atoms with Crippen molar-refractivity contribution in [3.63, 3.8) is 0 Å². The number of hydrogen-bond acceptors (Lipinski definition) is 3. The zero-order chi connectivity index (χ0) is 20.5. The zero-order valence-electron chi connectivity index (χ0n) is 18.8. The van der Waals surface area contributed by atoms with Gasteiger partial charge in [-0.3, -0.25) is 4.79 Å². The van der Waals surface area contributed by atoms with Crippen molar-refractivity contribution in [2.24, 2.45) is 0 Å². The van der Waals surface area contributed by atoms with Crippen LogP contribution in [0.5, 0.6) is 0 Å². The molecule has 166 valence electrons. The van der Waals surface area contributed by atoms with Gasteiger partial charge in [-0.1, -0.05) is 108 Å². The molecule has 0 rings (SSSR count). The molecule has 0 aromatic carbocycles. The zero-order valence-corrected chi connectivity index (χ0v) is 19.7. The molecular weight excluding hydrogens is 364 g/mol. The molecule has 0 aliphatic heterocycles. The van der Waals surface area contributed by atoms with Crippen LogP contribution in [0, 0.1) is 0 Å². The standard InChI is InChI=1S/C25H48O2S/c1-2-3-4-5-6-7-8-9-10-11-12-13-14-15-16-17-18-19-20-21-22-25(26)27-23-24-28/h2-3,28H,4-24H2,1H3/b3-2+. The van der Waals surface area contributed by atoms with Gasteiger partial charge in [-0.25, -0.2) is 0 Å². The molecule has 0 fully saturated rings. The lowest BCUT2D eigenvalue weighted by Crippen LogP contribution is -2.06. The van der Waals surface area contributed by atoms with Crippen LogP contribution in [0.4, 0.5) is 0 Å². The summed E-state index contributed by atoms with van der Waals surface area (Å²) in [5.41, 5.74) is 0. The SMILES string of the molecule is C/C=C/CCCCCCCCCCCCCCCCCCCC(=O)OCCS. The van der Waals surface area contributed by atoms with Crippen LogP contribution in [0.25, 0.3) is 0 Å². The van der Waals surface area contributed by atoms with Crippen LogP contribution in [0.2, 0.25) is 0 Å². The molecule has 0 radical (unpaired) electrons. The number of carbonyl (C=O) groups excluding carboxylic acids is 1. The number of esters is 1. The van der Waals surface area contributed by atoms with Gasteiger partial charge in [-0.15, -0.1) is 0 Å². The fraction of sp³-hybridized carbons (Fsp3) is 0.880. The van der Waals surface area contributed by atoms with E-state index in [9.17, 15) is 4.79 Å². The molecule has 0 saturated heterocycles. The third-order valence-corrected chi connectivity index (χ3v) is 5.52. The summed E-state index contributed by atoms with van der Waals surface area (Å²) in [5, 5.41) is 0. The molecule has 0 heterocycles. The smallest absolute Gasteiger partial charge is 0.305 e. The number of thiol groups is 1. The Morgan fingerprint density at radius 3 is 1.46 bits per heavy atom. The van der Waals surface area contributed by atoms with Crippen molar-refractivity contribution in [2.75, 3.05) is 12.4 Å². The highest BCUT2D eigenvalue weighted by Gasteiger charge is 2.01. The lowest BCUT2D eigenvalue weighted by molar-refractivity contribution is -0.143. The third kappa shape index (κ3) is 23.6. The highest BCUT2D eigenvalue weighted by atomic mass is 32.1. The van der Waals surface area contributed by atoms with Crippen molar-refractivity contribution in [2.45, 2.75) is 129 Å². The van der Waals surface area contributed by atoms with Crippen LogP contribution in [0.3, 0.4) is 0 Å². The van der Waals surface area contributed by atoms with E-state index >= 15 is 0 Å². The molecule has 0 N–H and O–H groups in total. The minimum absolute atomic E-state index is 0.0610. The molecule has 0 aromatic heterocycles. The van der Waals surface area contributed by atoms with E-state index in [0.29, 0.717) is 18.8 Å². The first-order chi connectivity index (χ1) is 13.8. The fourth-order valence-corrected chi connectivity index (χ4v) is 3.67. The Morgan fingerprint density at radius 2 is 1.07 bits per heavy atom. The molecule has 0 aromatic rings. The second-order valence-corrected chi connectivity index (χ2v) is 8.51. The van der Waals surface area contributed by atoms with Crippen LogP contribution >= 0.6 is 12.6 Å². The largest absolute Gasteiger partial charge is 0.465 e. The molecule has 28 heavy (non-hydrogen) atoms. The average Bonchev–Trinajstić information content (AvgIpc) is 2.70. The quantitative estimate of drug-likeness (QED) is 0.0835. The van der Waals surface area contributed by atoms with Crippen molar-refractivity contribution in [1.82, 2.24) is 0 Å². The number of rotatable bonds is 22.